The van der Waals surface area contributed by atoms with E-state index in [2.05, 4.69) is 41.1 Å². The number of amides is 1. The molecule has 0 spiro atoms. The summed E-state index contributed by atoms with van der Waals surface area (Å²) >= 11 is 0. The van der Waals surface area contributed by atoms with Crippen LogP contribution in [0.2, 0.25) is 0 Å². The summed E-state index contributed by atoms with van der Waals surface area (Å²) in [7, 11) is 0. The molecule has 4 nitrogen and oxygen atoms in total. The summed E-state index contributed by atoms with van der Waals surface area (Å²) in [4.78, 5) is 14.9. The highest BCUT2D eigenvalue weighted by Gasteiger charge is 2.11. The van der Waals surface area contributed by atoms with Crippen molar-refractivity contribution in [3.8, 4) is 0 Å². The fraction of sp³-hybridized carbons (Fsp3) is 0.320. The van der Waals surface area contributed by atoms with Gasteiger partial charge in [0.05, 0.1) is 6.26 Å². The van der Waals surface area contributed by atoms with Gasteiger partial charge in [0.25, 0.3) is 5.91 Å². The second kappa shape index (κ2) is 10.6. The predicted octanol–water partition coefficient (Wildman–Crippen LogP) is 4.78. The van der Waals surface area contributed by atoms with Crippen LogP contribution in [0.4, 0.5) is 0 Å². The maximum Gasteiger partial charge on any atom is 0.251 e. The fourth-order valence-electron chi connectivity index (χ4n) is 3.61. The first kappa shape index (κ1) is 20.9. The summed E-state index contributed by atoms with van der Waals surface area (Å²) in [5.74, 6) is 0.661. The van der Waals surface area contributed by atoms with Gasteiger partial charge in [-0.3, -0.25) is 9.69 Å². The Kier molecular flexibility index (Phi) is 7.65. The molecule has 1 fully saturated rings. The summed E-state index contributed by atoms with van der Waals surface area (Å²) in [6, 6.07) is 16.1. The number of hydrogen-bond donors (Lipinski definition) is 1. The Hall–Kier alpha value is -2.85. The van der Waals surface area contributed by atoms with Crippen molar-refractivity contribution >= 4 is 11.7 Å². The van der Waals surface area contributed by atoms with E-state index in [1.54, 1.807) is 0 Å². The number of rotatable bonds is 9. The molecule has 1 N–H and O–H groups in total. The van der Waals surface area contributed by atoms with E-state index >= 15 is 0 Å². The summed E-state index contributed by atoms with van der Waals surface area (Å²) in [5, 5.41) is 3.00. The molecule has 0 bridgehead atoms. The van der Waals surface area contributed by atoms with Crippen LogP contribution in [0.3, 0.4) is 0 Å². The third-order valence-electron chi connectivity index (χ3n) is 5.23. The molecule has 1 heterocycles. The van der Waals surface area contributed by atoms with Crippen LogP contribution >= 0.6 is 0 Å². The quantitative estimate of drug-likeness (QED) is 0.627. The van der Waals surface area contributed by atoms with E-state index in [-0.39, 0.29) is 5.91 Å². The Morgan fingerprint density at radius 2 is 1.66 bits per heavy atom. The zero-order chi connectivity index (χ0) is 20.5. The van der Waals surface area contributed by atoms with E-state index in [0.29, 0.717) is 12.1 Å². The first-order valence-electron chi connectivity index (χ1n) is 10.3. The van der Waals surface area contributed by atoms with Gasteiger partial charge in [0.15, 0.2) is 0 Å². The third-order valence-corrected chi connectivity index (χ3v) is 5.23. The molecule has 2 aromatic rings. The zero-order valence-corrected chi connectivity index (χ0v) is 17.2. The minimum absolute atomic E-state index is 0.0612. The first-order chi connectivity index (χ1) is 14.2. The molecule has 0 aromatic heterocycles. The Bertz CT molecular complexity index is 832. The average molecular weight is 391 g/mol. The Morgan fingerprint density at radius 1 is 1.03 bits per heavy atom. The summed E-state index contributed by atoms with van der Waals surface area (Å²) in [6.45, 7) is 9.56. The van der Waals surface area contributed by atoms with E-state index in [0.717, 1.165) is 24.3 Å². The highest BCUT2D eigenvalue weighted by Crippen LogP contribution is 2.17. The minimum Gasteiger partial charge on any atom is -0.465 e. The molecule has 0 saturated carbocycles. The molecule has 152 valence electrons. The van der Waals surface area contributed by atoms with E-state index in [4.69, 9.17) is 4.74 Å². The van der Waals surface area contributed by atoms with E-state index in [1.807, 2.05) is 37.3 Å². The van der Waals surface area contributed by atoms with Gasteiger partial charge in [-0.25, -0.2) is 0 Å². The molecule has 1 aliphatic heterocycles. The molecule has 29 heavy (non-hydrogen) atoms. The van der Waals surface area contributed by atoms with Crippen LogP contribution in [-0.2, 0) is 17.7 Å². The number of nitrogens with zero attached hydrogens (tertiary/aromatic N) is 1. The number of carbonyl (C=O) groups excluding carboxylic acids is 1. The number of likely N-dealkylation sites (tertiary alicyclic amines) is 1. The van der Waals surface area contributed by atoms with Gasteiger partial charge in [0, 0.05) is 24.2 Å². The van der Waals surface area contributed by atoms with Crippen molar-refractivity contribution in [2.75, 3.05) is 19.6 Å². The zero-order valence-electron chi connectivity index (χ0n) is 17.2. The minimum atomic E-state index is -0.0612. The molecule has 1 amide bonds. The van der Waals surface area contributed by atoms with Gasteiger partial charge in [-0.05, 0) is 68.6 Å². The molecule has 0 unspecified atom stereocenters. The number of ether oxygens (including phenoxy) is 1. The second-order valence-electron chi connectivity index (χ2n) is 7.32. The molecule has 3 rings (SSSR count). The number of hydrogen-bond acceptors (Lipinski definition) is 3. The third kappa shape index (κ3) is 6.06. The van der Waals surface area contributed by atoms with Crippen LogP contribution in [0.5, 0.6) is 0 Å². The Balaban J connectivity index is 1.46. The summed E-state index contributed by atoms with van der Waals surface area (Å²) in [5.41, 5.74) is 4.16. The van der Waals surface area contributed by atoms with Gasteiger partial charge < -0.3 is 10.1 Å². The molecule has 0 radical (unpaired) electrons. The molecule has 0 aliphatic carbocycles. The highest BCUT2D eigenvalue weighted by atomic mass is 16.5. The lowest BCUT2D eigenvalue weighted by Crippen LogP contribution is -2.25. The van der Waals surface area contributed by atoms with Crippen LogP contribution in [0, 0.1) is 0 Å². The predicted molar refractivity (Wildman–Crippen MR) is 118 cm³/mol. The van der Waals surface area contributed by atoms with Crippen LogP contribution in [0.1, 0.15) is 46.8 Å². The van der Waals surface area contributed by atoms with Gasteiger partial charge >= 0.3 is 0 Å². The van der Waals surface area contributed by atoms with Gasteiger partial charge in [-0.15, -0.1) is 0 Å². The Morgan fingerprint density at radius 3 is 2.28 bits per heavy atom. The van der Waals surface area contributed by atoms with Crippen LogP contribution in [0.25, 0.3) is 5.76 Å². The van der Waals surface area contributed by atoms with E-state index in [1.165, 1.54) is 43.3 Å². The lowest BCUT2D eigenvalue weighted by Gasteiger charge is -2.14. The summed E-state index contributed by atoms with van der Waals surface area (Å²) < 4.78 is 5.36. The maximum absolute atomic E-state index is 12.4. The van der Waals surface area contributed by atoms with Crippen LogP contribution in [-0.4, -0.2) is 30.4 Å². The second-order valence-corrected chi connectivity index (χ2v) is 7.32. The molecule has 1 saturated heterocycles. The number of allylic oxidation sites excluding steroid dienone is 1. The standard InChI is InChI=1S/C25H30N2O2/c1-3-24(29-4-2)22-11-13-23(14-12-22)25(28)26-16-15-20-7-9-21(10-8-20)19-27-17-5-6-18-27/h3-4,7-14H,2,5-6,15-19H2,1H3,(H,26,28)/b24-3-. The van der Waals surface area contributed by atoms with Gasteiger partial charge in [0.1, 0.15) is 5.76 Å². The fourth-order valence-corrected chi connectivity index (χ4v) is 3.61. The molecule has 2 aromatic carbocycles. The van der Waals surface area contributed by atoms with Gasteiger partial charge in [-0.1, -0.05) is 43.0 Å². The molecular weight excluding hydrogens is 360 g/mol. The normalized spacial score (nSPS) is 14.6. The number of nitrogens with one attached hydrogen (secondary N) is 1. The van der Waals surface area contributed by atoms with Gasteiger partial charge in [-0.2, -0.15) is 0 Å². The maximum atomic E-state index is 12.4. The van der Waals surface area contributed by atoms with Crippen molar-refractivity contribution < 1.29 is 9.53 Å². The average Bonchev–Trinajstić information content (AvgIpc) is 3.26. The molecule has 4 heteroatoms. The van der Waals surface area contributed by atoms with Crippen molar-refractivity contribution in [3.63, 3.8) is 0 Å². The van der Waals surface area contributed by atoms with Gasteiger partial charge in [0.2, 0.25) is 0 Å². The lowest BCUT2D eigenvalue weighted by atomic mass is 10.1. The van der Waals surface area contributed by atoms with Crippen molar-refractivity contribution in [2.24, 2.45) is 0 Å². The molecule has 1 aliphatic rings. The lowest BCUT2D eigenvalue weighted by molar-refractivity contribution is 0.0954. The topological polar surface area (TPSA) is 41.6 Å². The smallest absolute Gasteiger partial charge is 0.251 e. The van der Waals surface area contributed by atoms with E-state index in [9.17, 15) is 4.79 Å². The van der Waals surface area contributed by atoms with Crippen LogP contribution < -0.4 is 5.32 Å². The molecule has 0 atom stereocenters. The highest BCUT2D eigenvalue weighted by molar-refractivity contribution is 5.94. The Labute approximate surface area is 173 Å². The number of benzene rings is 2. The monoisotopic (exact) mass is 390 g/mol. The largest absolute Gasteiger partial charge is 0.465 e. The number of carbonyl (C=O) groups is 1. The SMILES string of the molecule is C=CO/C(=C\C)c1ccc(C(=O)NCCc2ccc(CN3CCCC3)cc2)cc1. The van der Waals surface area contributed by atoms with Crippen molar-refractivity contribution in [2.45, 2.75) is 32.7 Å². The van der Waals surface area contributed by atoms with Crippen LogP contribution in [0.15, 0.2) is 67.4 Å². The summed E-state index contributed by atoms with van der Waals surface area (Å²) in [6.07, 6.45) is 6.73. The molecular formula is C25H30N2O2. The van der Waals surface area contributed by atoms with Crippen molar-refractivity contribution in [1.82, 2.24) is 10.2 Å². The van der Waals surface area contributed by atoms with Crippen molar-refractivity contribution in [1.29, 1.82) is 0 Å². The van der Waals surface area contributed by atoms with Crippen molar-refractivity contribution in [3.05, 3.63) is 89.7 Å². The van der Waals surface area contributed by atoms with E-state index < -0.39 is 0 Å². The first-order valence-corrected chi connectivity index (χ1v) is 10.3.